The first kappa shape index (κ1) is 10.7. The first-order valence-electron chi connectivity index (χ1n) is 5.68. The zero-order chi connectivity index (χ0) is 10.7. The molecule has 1 aromatic rings. The van der Waals surface area contributed by atoms with Crippen LogP contribution in [0.25, 0.3) is 0 Å². The molecule has 0 spiro atoms. The van der Waals surface area contributed by atoms with Gasteiger partial charge in [-0.2, -0.15) is 0 Å². The van der Waals surface area contributed by atoms with Gasteiger partial charge in [-0.3, -0.25) is 0 Å². The van der Waals surface area contributed by atoms with Crippen molar-refractivity contribution in [1.82, 2.24) is 5.32 Å². The summed E-state index contributed by atoms with van der Waals surface area (Å²) in [5.74, 6) is 0.606. The predicted molar refractivity (Wildman–Crippen MR) is 62.1 cm³/mol. The average molecular weight is 205 g/mol. The second kappa shape index (κ2) is 4.77. The Bertz CT molecular complexity index is 299. The molecular formula is C13H19NO. The van der Waals surface area contributed by atoms with E-state index >= 15 is 0 Å². The number of rotatable bonds is 2. The van der Waals surface area contributed by atoms with Crippen molar-refractivity contribution in [2.45, 2.75) is 25.8 Å². The van der Waals surface area contributed by atoms with Crippen LogP contribution in [0, 0.1) is 0 Å². The van der Waals surface area contributed by atoms with Gasteiger partial charge < -0.3 is 10.1 Å². The topological polar surface area (TPSA) is 21.3 Å². The monoisotopic (exact) mass is 205 g/mol. The summed E-state index contributed by atoms with van der Waals surface area (Å²) in [5.41, 5.74) is 2.73. The van der Waals surface area contributed by atoms with Crippen LogP contribution < -0.4 is 5.32 Å². The van der Waals surface area contributed by atoms with Gasteiger partial charge in [-0.25, -0.2) is 0 Å². The fourth-order valence-electron chi connectivity index (χ4n) is 1.89. The maximum absolute atomic E-state index is 5.45. The number of morpholine rings is 1. The summed E-state index contributed by atoms with van der Waals surface area (Å²) in [6, 6.07) is 9.23. The Morgan fingerprint density at radius 1 is 1.27 bits per heavy atom. The Balaban J connectivity index is 2.08. The zero-order valence-corrected chi connectivity index (χ0v) is 9.49. The van der Waals surface area contributed by atoms with Gasteiger partial charge in [-0.15, -0.1) is 0 Å². The molecule has 1 saturated heterocycles. The Morgan fingerprint density at radius 3 is 2.53 bits per heavy atom. The highest BCUT2D eigenvalue weighted by molar-refractivity contribution is 5.27. The lowest BCUT2D eigenvalue weighted by molar-refractivity contribution is 0.0769. The van der Waals surface area contributed by atoms with Crippen molar-refractivity contribution >= 4 is 0 Å². The Kier molecular flexibility index (Phi) is 3.39. The molecule has 0 unspecified atom stereocenters. The number of nitrogens with one attached hydrogen (secondary N) is 1. The van der Waals surface area contributed by atoms with Gasteiger partial charge in [0.15, 0.2) is 0 Å². The average Bonchev–Trinajstić information content (AvgIpc) is 2.30. The number of hydrogen-bond donors (Lipinski definition) is 1. The largest absolute Gasteiger partial charge is 0.378 e. The lowest BCUT2D eigenvalue weighted by Crippen LogP contribution is -2.34. The van der Waals surface area contributed by atoms with E-state index in [-0.39, 0.29) is 0 Å². The smallest absolute Gasteiger partial charge is 0.0662 e. The standard InChI is InChI=1S/C13H19NO/c1-10(2)11-3-5-12(6-4-11)13-9-15-8-7-14-13/h3-6,10,13-14H,7-9H2,1-2H3/t13-/m1/s1. The maximum atomic E-state index is 5.45. The molecule has 1 atom stereocenters. The van der Waals surface area contributed by atoms with E-state index < -0.39 is 0 Å². The van der Waals surface area contributed by atoms with Crippen LogP contribution in [0.5, 0.6) is 0 Å². The first-order valence-corrected chi connectivity index (χ1v) is 5.68. The Labute approximate surface area is 91.6 Å². The third-order valence-corrected chi connectivity index (χ3v) is 2.93. The third-order valence-electron chi connectivity index (χ3n) is 2.93. The van der Waals surface area contributed by atoms with E-state index in [0.717, 1.165) is 19.8 Å². The van der Waals surface area contributed by atoms with E-state index in [4.69, 9.17) is 4.74 Å². The summed E-state index contributed by atoms with van der Waals surface area (Å²) in [4.78, 5) is 0. The molecule has 0 amide bonds. The van der Waals surface area contributed by atoms with Crippen LogP contribution >= 0.6 is 0 Å². The van der Waals surface area contributed by atoms with Crippen molar-refractivity contribution < 1.29 is 4.74 Å². The van der Waals surface area contributed by atoms with Gasteiger partial charge >= 0.3 is 0 Å². The number of hydrogen-bond acceptors (Lipinski definition) is 2. The number of ether oxygens (including phenoxy) is 1. The minimum absolute atomic E-state index is 0.375. The SMILES string of the molecule is CC(C)c1ccc([C@H]2COCCN2)cc1. The Hall–Kier alpha value is -0.860. The molecule has 0 radical (unpaired) electrons. The van der Waals surface area contributed by atoms with E-state index in [0.29, 0.717) is 12.0 Å². The van der Waals surface area contributed by atoms with Gasteiger partial charge in [0.05, 0.1) is 19.3 Å². The van der Waals surface area contributed by atoms with Crippen LogP contribution in [0.3, 0.4) is 0 Å². The van der Waals surface area contributed by atoms with E-state index in [1.54, 1.807) is 0 Å². The van der Waals surface area contributed by atoms with E-state index in [1.165, 1.54) is 11.1 Å². The van der Waals surface area contributed by atoms with Gasteiger partial charge in [0, 0.05) is 6.54 Å². The molecular weight excluding hydrogens is 186 g/mol. The molecule has 0 aromatic heterocycles. The van der Waals surface area contributed by atoms with E-state index in [9.17, 15) is 0 Å². The van der Waals surface area contributed by atoms with Gasteiger partial charge in [-0.1, -0.05) is 38.1 Å². The van der Waals surface area contributed by atoms with Crippen molar-refractivity contribution in [2.24, 2.45) is 0 Å². The summed E-state index contributed by atoms with van der Waals surface area (Å²) in [6.45, 7) is 7.02. The quantitative estimate of drug-likeness (QED) is 0.801. The lowest BCUT2D eigenvalue weighted by atomic mass is 9.99. The lowest BCUT2D eigenvalue weighted by Gasteiger charge is -2.24. The summed E-state index contributed by atoms with van der Waals surface area (Å²) in [7, 11) is 0. The fraction of sp³-hybridized carbons (Fsp3) is 0.538. The molecule has 1 aromatic carbocycles. The summed E-state index contributed by atoms with van der Waals surface area (Å²) >= 11 is 0. The van der Waals surface area contributed by atoms with Crippen LogP contribution in [-0.4, -0.2) is 19.8 Å². The molecule has 1 aliphatic heterocycles. The third kappa shape index (κ3) is 2.58. The van der Waals surface area contributed by atoms with Crippen molar-refractivity contribution in [2.75, 3.05) is 19.8 Å². The van der Waals surface area contributed by atoms with Crippen LogP contribution in [0.4, 0.5) is 0 Å². The van der Waals surface area contributed by atoms with Crippen molar-refractivity contribution in [3.63, 3.8) is 0 Å². The number of benzene rings is 1. The highest BCUT2D eigenvalue weighted by Gasteiger charge is 2.14. The molecule has 15 heavy (non-hydrogen) atoms. The summed E-state index contributed by atoms with van der Waals surface area (Å²) < 4.78 is 5.45. The van der Waals surface area contributed by atoms with Crippen molar-refractivity contribution in [3.8, 4) is 0 Å². The van der Waals surface area contributed by atoms with Crippen LogP contribution in [0.1, 0.15) is 36.9 Å². The van der Waals surface area contributed by atoms with Crippen molar-refractivity contribution in [1.29, 1.82) is 0 Å². The zero-order valence-electron chi connectivity index (χ0n) is 9.49. The van der Waals surface area contributed by atoms with Gasteiger partial charge in [0.25, 0.3) is 0 Å². The van der Waals surface area contributed by atoms with Crippen molar-refractivity contribution in [3.05, 3.63) is 35.4 Å². The molecule has 82 valence electrons. The summed E-state index contributed by atoms with van der Waals surface area (Å²) in [5, 5.41) is 3.46. The van der Waals surface area contributed by atoms with E-state index in [2.05, 4.69) is 43.4 Å². The van der Waals surface area contributed by atoms with E-state index in [1.807, 2.05) is 0 Å². The maximum Gasteiger partial charge on any atom is 0.0662 e. The first-order chi connectivity index (χ1) is 7.27. The molecule has 1 aliphatic rings. The Morgan fingerprint density at radius 2 is 2.00 bits per heavy atom. The second-order valence-electron chi connectivity index (χ2n) is 4.40. The minimum Gasteiger partial charge on any atom is -0.378 e. The highest BCUT2D eigenvalue weighted by Crippen LogP contribution is 2.19. The van der Waals surface area contributed by atoms with Gasteiger partial charge in [0.1, 0.15) is 0 Å². The second-order valence-corrected chi connectivity index (χ2v) is 4.40. The normalized spacial score (nSPS) is 21.9. The molecule has 0 aliphatic carbocycles. The molecule has 2 nitrogen and oxygen atoms in total. The van der Waals surface area contributed by atoms with Crippen LogP contribution in [0.15, 0.2) is 24.3 Å². The van der Waals surface area contributed by atoms with Crippen LogP contribution in [0.2, 0.25) is 0 Å². The van der Waals surface area contributed by atoms with Gasteiger partial charge in [-0.05, 0) is 17.0 Å². The highest BCUT2D eigenvalue weighted by atomic mass is 16.5. The predicted octanol–water partition coefficient (Wildman–Crippen LogP) is 2.47. The molecule has 2 heteroatoms. The summed E-state index contributed by atoms with van der Waals surface area (Å²) in [6.07, 6.45) is 0. The fourth-order valence-corrected chi connectivity index (χ4v) is 1.89. The van der Waals surface area contributed by atoms with Crippen LogP contribution in [-0.2, 0) is 4.74 Å². The van der Waals surface area contributed by atoms with Gasteiger partial charge in [0.2, 0.25) is 0 Å². The molecule has 1 fully saturated rings. The molecule has 1 heterocycles. The molecule has 2 rings (SSSR count). The molecule has 0 bridgehead atoms. The molecule has 0 saturated carbocycles. The molecule has 1 N–H and O–H groups in total. The minimum atomic E-state index is 0.375.